The predicted octanol–water partition coefficient (Wildman–Crippen LogP) is 3.67. The fourth-order valence-electron chi connectivity index (χ4n) is 3.16. The van der Waals surface area contributed by atoms with E-state index < -0.39 is 17.7 Å². The maximum atomic E-state index is 13.7. The van der Waals surface area contributed by atoms with Crippen LogP contribution in [0.1, 0.15) is 23.1 Å². The maximum Gasteiger partial charge on any atom is 0.129 e. The normalized spacial score (nSPS) is 19.1. The number of hydrogen-bond donors (Lipinski definition) is 1. The minimum atomic E-state index is -0.718. The molecule has 1 N–H and O–H groups in total. The molecule has 0 amide bonds. The van der Waals surface area contributed by atoms with Crippen molar-refractivity contribution in [2.24, 2.45) is 5.92 Å². The fraction of sp³-hybridized carbons (Fsp3) is 0.333. The zero-order valence-electron chi connectivity index (χ0n) is 11.7. The van der Waals surface area contributed by atoms with Crippen LogP contribution in [0.5, 0.6) is 0 Å². The summed E-state index contributed by atoms with van der Waals surface area (Å²) in [5, 5.41) is 10.4. The molecular weight excluding hydrogens is 270 g/mol. The van der Waals surface area contributed by atoms with Crippen LogP contribution in [0, 0.1) is 17.6 Å². The first-order valence-electron chi connectivity index (χ1n) is 7.33. The Hall–Kier alpha value is -1.74. The molecule has 1 nitrogen and oxygen atoms in total. The van der Waals surface area contributed by atoms with Crippen molar-refractivity contribution in [2.75, 3.05) is 0 Å². The van der Waals surface area contributed by atoms with Crippen LogP contribution in [0.4, 0.5) is 8.78 Å². The molecule has 21 heavy (non-hydrogen) atoms. The smallest absolute Gasteiger partial charge is 0.129 e. The van der Waals surface area contributed by atoms with Gasteiger partial charge in [-0.25, -0.2) is 8.78 Å². The summed E-state index contributed by atoms with van der Waals surface area (Å²) in [4.78, 5) is 0. The van der Waals surface area contributed by atoms with Crippen LogP contribution < -0.4 is 0 Å². The summed E-state index contributed by atoms with van der Waals surface area (Å²) < 4.78 is 27.3. The average molecular weight is 288 g/mol. The molecule has 0 saturated heterocycles. The van der Waals surface area contributed by atoms with E-state index >= 15 is 0 Å². The van der Waals surface area contributed by atoms with Gasteiger partial charge in [0.25, 0.3) is 0 Å². The van der Waals surface area contributed by atoms with Gasteiger partial charge in [-0.1, -0.05) is 30.3 Å². The van der Waals surface area contributed by atoms with Crippen molar-refractivity contribution in [2.45, 2.75) is 31.8 Å². The van der Waals surface area contributed by atoms with E-state index in [2.05, 4.69) is 12.1 Å². The molecule has 3 rings (SSSR count). The van der Waals surface area contributed by atoms with E-state index in [0.29, 0.717) is 0 Å². The molecule has 110 valence electrons. The van der Waals surface area contributed by atoms with Gasteiger partial charge in [-0.2, -0.15) is 0 Å². The standard InChI is InChI=1S/C18H18F2O/c19-16-6-3-7-17(20)15(16)11-18(21)14-9-8-12-4-1-2-5-13(12)10-14/h1-7,14,18,21H,8-11H2. The zero-order chi connectivity index (χ0) is 14.8. The first-order valence-corrected chi connectivity index (χ1v) is 7.33. The summed E-state index contributed by atoms with van der Waals surface area (Å²) in [5.74, 6) is -1.10. The van der Waals surface area contributed by atoms with Gasteiger partial charge in [0.2, 0.25) is 0 Å². The summed E-state index contributed by atoms with van der Waals surface area (Å²) in [7, 11) is 0. The van der Waals surface area contributed by atoms with Crippen LogP contribution in [-0.4, -0.2) is 11.2 Å². The van der Waals surface area contributed by atoms with E-state index in [1.54, 1.807) is 0 Å². The second kappa shape index (κ2) is 5.94. The highest BCUT2D eigenvalue weighted by atomic mass is 19.1. The van der Waals surface area contributed by atoms with Crippen LogP contribution in [0.25, 0.3) is 0 Å². The molecule has 0 heterocycles. The molecule has 0 fully saturated rings. The zero-order valence-corrected chi connectivity index (χ0v) is 11.7. The lowest BCUT2D eigenvalue weighted by molar-refractivity contribution is 0.0975. The summed E-state index contributed by atoms with van der Waals surface area (Å²) in [6.45, 7) is 0. The Kier molecular flexibility index (Phi) is 4.02. The van der Waals surface area contributed by atoms with Gasteiger partial charge in [0.1, 0.15) is 11.6 Å². The molecule has 2 atom stereocenters. The van der Waals surface area contributed by atoms with Crippen LogP contribution in [-0.2, 0) is 19.3 Å². The van der Waals surface area contributed by atoms with Crippen molar-refractivity contribution in [3.05, 3.63) is 70.8 Å². The van der Waals surface area contributed by atoms with Crippen molar-refractivity contribution in [1.82, 2.24) is 0 Å². The Balaban J connectivity index is 1.74. The topological polar surface area (TPSA) is 20.2 Å². The summed E-state index contributed by atoms with van der Waals surface area (Å²) in [6.07, 6.45) is 1.86. The lowest BCUT2D eigenvalue weighted by Gasteiger charge is -2.28. The van der Waals surface area contributed by atoms with Crippen molar-refractivity contribution in [3.63, 3.8) is 0 Å². The Morgan fingerprint density at radius 3 is 2.38 bits per heavy atom. The number of aryl methyl sites for hydroxylation is 1. The summed E-state index contributed by atoms with van der Waals surface area (Å²) in [5.41, 5.74) is 2.55. The molecule has 2 aromatic carbocycles. The molecule has 2 aromatic rings. The monoisotopic (exact) mass is 288 g/mol. The van der Waals surface area contributed by atoms with E-state index in [9.17, 15) is 13.9 Å². The van der Waals surface area contributed by atoms with E-state index in [1.807, 2.05) is 12.1 Å². The molecule has 1 aliphatic carbocycles. The lowest BCUT2D eigenvalue weighted by Crippen LogP contribution is -2.29. The summed E-state index contributed by atoms with van der Waals surface area (Å²) in [6, 6.07) is 12.0. The van der Waals surface area contributed by atoms with Gasteiger partial charge < -0.3 is 5.11 Å². The van der Waals surface area contributed by atoms with Gasteiger partial charge in [0.05, 0.1) is 6.10 Å². The third-order valence-electron chi connectivity index (χ3n) is 4.40. The first-order chi connectivity index (χ1) is 10.1. The average Bonchev–Trinajstić information content (AvgIpc) is 2.50. The number of fused-ring (bicyclic) bond motifs is 1. The number of rotatable bonds is 3. The molecule has 0 radical (unpaired) electrons. The van der Waals surface area contributed by atoms with Crippen molar-refractivity contribution < 1.29 is 13.9 Å². The fourth-order valence-corrected chi connectivity index (χ4v) is 3.16. The third-order valence-corrected chi connectivity index (χ3v) is 4.40. The quantitative estimate of drug-likeness (QED) is 0.913. The van der Waals surface area contributed by atoms with Gasteiger partial charge in [0.15, 0.2) is 0 Å². The highest BCUT2D eigenvalue weighted by molar-refractivity contribution is 5.30. The molecule has 0 saturated carbocycles. The maximum absolute atomic E-state index is 13.7. The van der Waals surface area contributed by atoms with Gasteiger partial charge in [-0.3, -0.25) is 0 Å². The lowest BCUT2D eigenvalue weighted by atomic mass is 9.79. The Bertz CT molecular complexity index is 619. The molecule has 0 bridgehead atoms. The van der Waals surface area contributed by atoms with Gasteiger partial charge in [0, 0.05) is 12.0 Å². The molecule has 0 aromatic heterocycles. The number of hydrogen-bond acceptors (Lipinski definition) is 1. The molecule has 1 aliphatic rings. The first kappa shape index (κ1) is 14.2. The highest BCUT2D eigenvalue weighted by Crippen LogP contribution is 2.29. The highest BCUT2D eigenvalue weighted by Gasteiger charge is 2.26. The molecular formula is C18H18F2O. The largest absolute Gasteiger partial charge is 0.392 e. The Morgan fingerprint density at radius 1 is 1.00 bits per heavy atom. The second-order valence-corrected chi connectivity index (χ2v) is 5.74. The third kappa shape index (κ3) is 2.98. The molecule has 3 heteroatoms. The second-order valence-electron chi connectivity index (χ2n) is 5.74. The predicted molar refractivity (Wildman–Crippen MR) is 78.0 cm³/mol. The van der Waals surface area contributed by atoms with Crippen LogP contribution in [0.3, 0.4) is 0 Å². The van der Waals surface area contributed by atoms with Crippen LogP contribution in [0.15, 0.2) is 42.5 Å². The molecule has 0 spiro atoms. The van der Waals surface area contributed by atoms with Gasteiger partial charge >= 0.3 is 0 Å². The van der Waals surface area contributed by atoms with Crippen LogP contribution in [0.2, 0.25) is 0 Å². The van der Waals surface area contributed by atoms with Crippen molar-refractivity contribution in [1.29, 1.82) is 0 Å². The number of halogens is 2. The molecule has 2 unspecified atom stereocenters. The van der Waals surface area contributed by atoms with Gasteiger partial charge in [-0.15, -0.1) is 0 Å². The van der Waals surface area contributed by atoms with Crippen LogP contribution >= 0.6 is 0 Å². The van der Waals surface area contributed by atoms with Gasteiger partial charge in [-0.05, 0) is 48.4 Å². The number of aliphatic hydroxyl groups is 1. The van der Waals surface area contributed by atoms with E-state index in [4.69, 9.17) is 0 Å². The van der Waals surface area contributed by atoms with E-state index in [1.165, 1.54) is 29.3 Å². The SMILES string of the molecule is OC(Cc1c(F)cccc1F)C1CCc2ccccc2C1. The minimum absolute atomic E-state index is 0.0103. The number of benzene rings is 2. The molecule has 0 aliphatic heterocycles. The summed E-state index contributed by atoms with van der Waals surface area (Å²) >= 11 is 0. The number of aliphatic hydroxyl groups excluding tert-OH is 1. The van der Waals surface area contributed by atoms with Crippen molar-refractivity contribution in [3.8, 4) is 0 Å². The van der Waals surface area contributed by atoms with E-state index in [0.717, 1.165) is 19.3 Å². The minimum Gasteiger partial charge on any atom is -0.392 e. The Labute approximate surface area is 123 Å². The Morgan fingerprint density at radius 2 is 1.67 bits per heavy atom. The van der Waals surface area contributed by atoms with Crippen molar-refractivity contribution >= 4 is 0 Å². The van der Waals surface area contributed by atoms with E-state index in [-0.39, 0.29) is 17.9 Å².